The second kappa shape index (κ2) is 5.79. The van der Waals surface area contributed by atoms with Gasteiger partial charge in [0.25, 0.3) is 0 Å². The summed E-state index contributed by atoms with van der Waals surface area (Å²) in [4.78, 5) is 11.6. The van der Waals surface area contributed by atoms with Crippen molar-refractivity contribution in [3.8, 4) is 5.75 Å². The molecule has 0 aromatic heterocycles. The number of carbonyl (C=O) groups excluding carboxylic acids is 1. The normalized spacial score (nSPS) is 11.2. The van der Waals surface area contributed by atoms with Gasteiger partial charge in [0.1, 0.15) is 5.75 Å². The molecular weight excluding hydrogens is 242 g/mol. The fraction of sp³-hybridized carbons (Fsp3) is 0.364. The smallest absolute Gasteiger partial charge is 0.306 e. The number of ketones is 1. The lowest BCUT2D eigenvalue weighted by Crippen LogP contribution is -2.22. The highest BCUT2D eigenvalue weighted by molar-refractivity contribution is 7.86. The van der Waals surface area contributed by atoms with Crippen molar-refractivity contribution in [1.29, 1.82) is 0 Å². The van der Waals surface area contributed by atoms with Gasteiger partial charge in [0, 0.05) is 5.56 Å². The van der Waals surface area contributed by atoms with E-state index in [9.17, 15) is 13.2 Å². The predicted octanol–water partition coefficient (Wildman–Crippen LogP) is 0.817. The van der Waals surface area contributed by atoms with E-state index < -0.39 is 10.1 Å². The minimum Gasteiger partial charge on any atom is -0.383 e. The summed E-state index contributed by atoms with van der Waals surface area (Å²) in [6.07, 6.45) is 0.969. The van der Waals surface area contributed by atoms with Crippen LogP contribution < -0.4 is 9.50 Å². The molecule has 5 nitrogen and oxygen atoms in total. The summed E-state index contributed by atoms with van der Waals surface area (Å²) >= 11 is 0. The van der Waals surface area contributed by atoms with Crippen LogP contribution in [-0.2, 0) is 10.1 Å². The van der Waals surface area contributed by atoms with Gasteiger partial charge in [0.2, 0.25) is 0 Å². The third kappa shape index (κ3) is 4.97. The number of benzene rings is 1. The zero-order valence-corrected chi connectivity index (χ0v) is 10.6. The Hall–Kier alpha value is -1.40. The van der Waals surface area contributed by atoms with E-state index in [0.29, 0.717) is 5.56 Å². The van der Waals surface area contributed by atoms with Crippen LogP contribution in [0.15, 0.2) is 24.3 Å². The van der Waals surface area contributed by atoms with Gasteiger partial charge in [-0.05, 0) is 30.8 Å². The van der Waals surface area contributed by atoms with Crippen molar-refractivity contribution in [3.05, 3.63) is 29.8 Å². The number of hydrogen-bond acceptors (Lipinski definition) is 5. The topological polar surface area (TPSA) is 72.5 Å². The van der Waals surface area contributed by atoms with Crippen LogP contribution in [0.2, 0.25) is 0 Å². The molecule has 6 heteroatoms. The third-order valence-corrected chi connectivity index (χ3v) is 2.45. The molecule has 0 unspecified atom stereocenters. The van der Waals surface area contributed by atoms with E-state index in [0.717, 1.165) is 12.8 Å². The van der Waals surface area contributed by atoms with Crippen molar-refractivity contribution in [2.24, 2.45) is 0 Å². The van der Waals surface area contributed by atoms with Gasteiger partial charge in [-0.3, -0.25) is 4.79 Å². The van der Waals surface area contributed by atoms with Gasteiger partial charge in [-0.25, -0.2) is 0 Å². The lowest BCUT2D eigenvalue weighted by Gasteiger charge is -2.04. The van der Waals surface area contributed by atoms with Gasteiger partial charge in [-0.1, -0.05) is 6.92 Å². The summed E-state index contributed by atoms with van der Waals surface area (Å²) in [5.41, 5.74) is 0.520. The van der Waals surface area contributed by atoms with Crippen LogP contribution >= 0.6 is 0 Å². The molecule has 17 heavy (non-hydrogen) atoms. The molecule has 0 heterocycles. The summed E-state index contributed by atoms with van der Waals surface area (Å²) in [6, 6.07) is 6.00. The number of hydrogen-bond donors (Lipinski definition) is 1. The molecule has 1 rings (SSSR count). The Labute approximate surface area is 101 Å². The number of likely N-dealkylation sites (N-methyl/N-ethyl adjacent to an activating group) is 1. The lowest BCUT2D eigenvalue weighted by molar-refractivity contribution is 0.0992. The average Bonchev–Trinajstić information content (AvgIpc) is 2.24. The monoisotopic (exact) mass is 257 g/mol. The summed E-state index contributed by atoms with van der Waals surface area (Å²) in [5.74, 6) is 0.158. The highest BCUT2D eigenvalue weighted by Gasteiger charge is 2.07. The number of Topliss-reactive ketones (excluding diaryl/α,β-unsaturated/α-hetero) is 1. The minimum atomic E-state index is -3.52. The first-order valence-corrected chi connectivity index (χ1v) is 6.97. The Morgan fingerprint density at radius 1 is 1.29 bits per heavy atom. The van der Waals surface area contributed by atoms with E-state index in [2.05, 4.69) is 9.50 Å². The molecule has 0 fully saturated rings. The van der Waals surface area contributed by atoms with E-state index in [1.807, 2.05) is 6.92 Å². The Balaban J connectivity index is 2.71. The maximum absolute atomic E-state index is 11.6. The van der Waals surface area contributed by atoms with Gasteiger partial charge in [-0.2, -0.15) is 8.42 Å². The molecule has 0 aliphatic rings. The van der Waals surface area contributed by atoms with E-state index in [1.165, 1.54) is 12.1 Å². The van der Waals surface area contributed by atoms with Crippen molar-refractivity contribution in [3.63, 3.8) is 0 Å². The van der Waals surface area contributed by atoms with Crippen molar-refractivity contribution < 1.29 is 17.4 Å². The molecule has 0 atom stereocenters. The standard InChI is InChI=1S/C11H15NO4S/c1-3-12-8-11(13)9-4-6-10(7-5-9)16-17(2,14)15/h4-7,12H,3,8H2,1-2H3. The van der Waals surface area contributed by atoms with Crippen molar-refractivity contribution >= 4 is 15.9 Å². The highest BCUT2D eigenvalue weighted by Crippen LogP contribution is 2.14. The Morgan fingerprint density at radius 3 is 2.35 bits per heavy atom. The summed E-state index contributed by atoms with van der Waals surface area (Å²) in [6.45, 7) is 2.90. The fourth-order valence-electron chi connectivity index (χ4n) is 1.21. The van der Waals surface area contributed by atoms with Crippen LogP contribution in [-0.4, -0.2) is 33.5 Å². The molecule has 0 radical (unpaired) electrons. The molecule has 0 aliphatic carbocycles. The van der Waals surface area contributed by atoms with E-state index in [4.69, 9.17) is 0 Å². The van der Waals surface area contributed by atoms with E-state index in [-0.39, 0.29) is 18.1 Å². The fourth-order valence-corrected chi connectivity index (χ4v) is 1.67. The Kier molecular flexibility index (Phi) is 4.65. The highest BCUT2D eigenvalue weighted by atomic mass is 32.2. The van der Waals surface area contributed by atoms with Gasteiger partial charge in [0.15, 0.2) is 5.78 Å². The summed E-state index contributed by atoms with van der Waals surface area (Å²) < 4.78 is 26.4. The number of rotatable bonds is 6. The van der Waals surface area contributed by atoms with Crippen LogP contribution in [0.4, 0.5) is 0 Å². The largest absolute Gasteiger partial charge is 0.383 e. The second-order valence-electron chi connectivity index (χ2n) is 3.52. The molecule has 1 N–H and O–H groups in total. The van der Waals surface area contributed by atoms with Crippen molar-refractivity contribution in [1.82, 2.24) is 5.32 Å². The molecule has 94 valence electrons. The first-order valence-electron chi connectivity index (χ1n) is 5.16. The van der Waals surface area contributed by atoms with Gasteiger partial charge in [0.05, 0.1) is 12.8 Å². The maximum Gasteiger partial charge on any atom is 0.306 e. The van der Waals surface area contributed by atoms with Crippen LogP contribution in [0.5, 0.6) is 5.75 Å². The van der Waals surface area contributed by atoms with Crippen LogP contribution in [0.25, 0.3) is 0 Å². The van der Waals surface area contributed by atoms with Crippen molar-refractivity contribution in [2.75, 3.05) is 19.3 Å². The molecule has 0 saturated heterocycles. The van der Waals surface area contributed by atoms with Crippen LogP contribution in [0, 0.1) is 0 Å². The zero-order valence-electron chi connectivity index (χ0n) is 9.76. The molecule has 0 bridgehead atoms. The number of nitrogens with one attached hydrogen (secondary N) is 1. The summed E-state index contributed by atoms with van der Waals surface area (Å²) in [7, 11) is -3.52. The Bertz CT molecular complexity index is 479. The SMILES string of the molecule is CCNCC(=O)c1ccc(OS(C)(=O)=O)cc1. The zero-order chi connectivity index (χ0) is 12.9. The third-order valence-electron chi connectivity index (χ3n) is 1.96. The van der Waals surface area contributed by atoms with E-state index >= 15 is 0 Å². The molecule has 1 aromatic carbocycles. The molecular formula is C11H15NO4S. The number of carbonyl (C=O) groups is 1. The maximum atomic E-state index is 11.6. The first-order chi connectivity index (χ1) is 7.92. The van der Waals surface area contributed by atoms with Crippen molar-refractivity contribution in [2.45, 2.75) is 6.92 Å². The van der Waals surface area contributed by atoms with Gasteiger partial charge >= 0.3 is 10.1 Å². The Morgan fingerprint density at radius 2 is 1.88 bits per heavy atom. The second-order valence-corrected chi connectivity index (χ2v) is 5.09. The van der Waals surface area contributed by atoms with E-state index in [1.54, 1.807) is 12.1 Å². The van der Waals surface area contributed by atoms with Gasteiger partial charge < -0.3 is 9.50 Å². The predicted molar refractivity (Wildman–Crippen MR) is 64.8 cm³/mol. The average molecular weight is 257 g/mol. The van der Waals surface area contributed by atoms with Crippen LogP contribution in [0.3, 0.4) is 0 Å². The molecule has 1 aromatic rings. The quantitative estimate of drug-likeness (QED) is 0.603. The molecule has 0 amide bonds. The molecule has 0 spiro atoms. The summed E-state index contributed by atoms with van der Waals surface area (Å²) in [5, 5.41) is 2.92. The molecule has 0 saturated carbocycles. The molecule has 0 aliphatic heterocycles. The lowest BCUT2D eigenvalue weighted by atomic mass is 10.1. The minimum absolute atomic E-state index is 0.0437. The van der Waals surface area contributed by atoms with Crippen LogP contribution in [0.1, 0.15) is 17.3 Å². The van der Waals surface area contributed by atoms with Gasteiger partial charge in [-0.15, -0.1) is 0 Å². The first kappa shape index (κ1) is 13.7.